The molecule has 5 rings (SSSR count). The first kappa shape index (κ1) is 25.6. The Balaban J connectivity index is 1.26. The monoisotopic (exact) mass is 525 g/mol. The number of H-pyrrole nitrogens is 1. The summed E-state index contributed by atoms with van der Waals surface area (Å²) in [6.07, 6.45) is 5.29. The molecule has 1 saturated heterocycles. The van der Waals surface area contributed by atoms with Crippen LogP contribution in [0.2, 0.25) is 5.02 Å². The van der Waals surface area contributed by atoms with Crippen molar-refractivity contribution in [2.45, 2.75) is 64.3 Å². The average Bonchev–Trinajstić information content (AvgIpc) is 3.56. The first-order valence-electron chi connectivity index (χ1n) is 12.9. The molecule has 3 heterocycles. The minimum atomic E-state index is -0.332. The summed E-state index contributed by atoms with van der Waals surface area (Å²) in [5, 5.41) is 13.8. The number of likely N-dealkylation sites (N-methyl/N-ethyl adjacent to an activating group) is 1. The zero-order valence-corrected chi connectivity index (χ0v) is 22.3. The van der Waals surface area contributed by atoms with Gasteiger partial charge in [0, 0.05) is 31.3 Å². The third-order valence-electron chi connectivity index (χ3n) is 7.43. The maximum atomic E-state index is 15.3. The summed E-state index contributed by atoms with van der Waals surface area (Å²) in [6, 6.07) is 5.40. The van der Waals surface area contributed by atoms with E-state index in [0.717, 1.165) is 49.0 Å². The molecule has 10 heteroatoms. The lowest BCUT2D eigenvalue weighted by Gasteiger charge is -2.35. The van der Waals surface area contributed by atoms with Crippen LogP contribution in [-0.2, 0) is 11.2 Å². The predicted octanol–water partition coefficient (Wildman–Crippen LogP) is 4.79. The molecule has 0 bridgehead atoms. The van der Waals surface area contributed by atoms with Crippen LogP contribution in [0.4, 0.5) is 16.0 Å². The standard InChI is InChI=1S/C27H33ClFN7O/c1-4-31-27(7-8-27)26(37)36-9-5-18(6-10-36)20-14-22(29)19(11-16(20)2)13-23-30-15-21(28)25(32-23)33-24-12-17(3)34-35-24/h11-12,14-15,18,31H,4-10,13H2,1-3H3,(H2,30,32,33,34,35). The summed E-state index contributed by atoms with van der Waals surface area (Å²) >= 11 is 6.27. The van der Waals surface area contributed by atoms with E-state index in [9.17, 15) is 4.79 Å². The molecule has 0 unspecified atom stereocenters. The number of carbonyl (C=O) groups is 1. The van der Waals surface area contributed by atoms with Gasteiger partial charge in [-0.25, -0.2) is 14.4 Å². The van der Waals surface area contributed by atoms with Gasteiger partial charge in [-0.15, -0.1) is 0 Å². The maximum Gasteiger partial charge on any atom is 0.242 e. The van der Waals surface area contributed by atoms with E-state index in [0.29, 0.717) is 41.1 Å². The van der Waals surface area contributed by atoms with Crippen LogP contribution in [0.15, 0.2) is 24.4 Å². The van der Waals surface area contributed by atoms with Gasteiger partial charge in [0.25, 0.3) is 0 Å². The molecule has 2 aromatic heterocycles. The molecular weight excluding hydrogens is 493 g/mol. The minimum Gasteiger partial charge on any atom is -0.341 e. The predicted molar refractivity (Wildman–Crippen MR) is 142 cm³/mol. The molecule has 1 aliphatic heterocycles. The van der Waals surface area contributed by atoms with Crippen LogP contribution in [0.5, 0.6) is 0 Å². The van der Waals surface area contributed by atoms with Crippen molar-refractivity contribution < 1.29 is 9.18 Å². The zero-order valence-electron chi connectivity index (χ0n) is 21.5. The minimum absolute atomic E-state index is 0.227. The van der Waals surface area contributed by atoms with Gasteiger partial charge in [0.05, 0.1) is 11.7 Å². The Labute approximate surface area is 221 Å². The second-order valence-corrected chi connectivity index (χ2v) is 10.6. The number of rotatable bonds is 8. The van der Waals surface area contributed by atoms with E-state index in [2.05, 4.69) is 30.8 Å². The Kier molecular flexibility index (Phi) is 7.18. The molecule has 3 aromatic rings. The van der Waals surface area contributed by atoms with Gasteiger partial charge in [-0.05, 0) is 74.8 Å². The van der Waals surface area contributed by atoms with E-state index in [1.165, 1.54) is 6.20 Å². The van der Waals surface area contributed by atoms with Crippen LogP contribution in [0.1, 0.15) is 66.7 Å². The summed E-state index contributed by atoms with van der Waals surface area (Å²) < 4.78 is 15.3. The van der Waals surface area contributed by atoms with Crippen LogP contribution in [0, 0.1) is 19.7 Å². The highest BCUT2D eigenvalue weighted by molar-refractivity contribution is 6.32. The first-order valence-corrected chi connectivity index (χ1v) is 13.3. The van der Waals surface area contributed by atoms with Crippen molar-refractivity contribution in [3.05, 3.63) is 63.4 Å². The number of carbonyl (C=O) groups excluding carboxylic acids is 1. The molecule has 0 radical (unpaired) electrons. The van der Waals surface area contributed by atoms with Crippen molar-refractivity contribution in [1.29, 1.82) is 0 Å². The van der Waals surface area contributed by atoms with Crippen LogP contribution in [-0.4, -0.2) is 56.1 Å². The number of amides is 1. The molecular formula is C27H33ClFN7O. The SMILES string of the molecule is CCNC1(C(=O)N2CCC(c3cc(F)c(Cc4ncc(Cl)c(Nc5cc(C)[nH]n5)n4)cc3C)CC2)CC1. The first-order chi connectivity index (χ1) is 17.8. The van der Waals surface area contributed by atoms with Crippen LogP contribution < -0.4 is 10.6 Å². The summed E-state index contributed by atoms with van der Waals surface area (Å²) in [5.74, 6) is 1.69. The molecule has 1 aliphatic carbocycles. The van der Waals surface area contributed by atoms with Gasteiger partial charge >= 0.3 is 0 Å². The highest BCUT2D eigenvalue weighted by atomic mass is 35.5. The number of aryl methyl sites for hydroxylation is 2. The van der Waals surface area contributed by atoms with Gasteiger partial charge in [0.15, 0.2) is 11.6 Å². The van der Waals surface area contributed by atoms with E-state index in [4.69, 9.17) is 11.6 Å². The van der Waals surface area contributed by atoms with Crippen molar-refractivity contribution in [3.8, 4) is 0 Å². The fraction of sp³-hybridized carbons (Fsp3) is 0.481. The van der Waals surface area contributed by atoms with Crippen molar-refractivity contribution in [2.24, 2.45) is 0 Å². The number of likely N-dealkylation sites (tertiary alicyclic amines) is 1. The number of aromatic nitrogens is 4. The second kappa shape index (κ2) is 10.4. The molecule has 1 aromatic carbocycles. The van der Waals surface area contributed by atoms with Crippen molar-refractivity contribution >= 4 is 29.1 Å². The number of benzene rings is 1. The topological polar surface area (TPSA) is 98.8 Å². The van der Waals surface area contributed by atoms with Crippen LogP contribution in [0.3, 0.4) is 0 Å². The summed E-state index contributed by atoms with van der Waals surface area (Å²) in [5.41, 5.74) is 3.19. The number of hydrogen-bond acceptors (Lipinski definition) is 6. The Hall–Kier alpha value is -3.04. The number of halogens is 2. The summed E-state index contributed by atoms with van der Waals surface area (Å²) in [4.78, 5) is 23.8. The number of hydrogen-bond donors (Lipinski definition) is 3. The third kappa shape index (κ3) is 5.48. The summed E-state index contributed by atoms with van der Waals surface area (Å²) in [6.45, 7) is 8.19. The second-order valence-electron chi connectivity index (χ2n) is 10.2. The summed E-state index contributed by atoms with van der Waals surface area (Å²) in [7, 11) is 0. The molecule has 1 amide bonds. The Morgan fingerprint density at radius 2 is 2.00 bits per heavy atom. The lowest BCUT2D eigenvalue weighted by molar-refractivity contribution is -0.135. The molecule has 37 heavy (non-hydrogen) atoms. The average molecular weight is 526 g/mol. The van der Waals surface area contributed by atoms with Gasteiger partial charge in [-0.2, -0.15) is 5.10 Å². The highest BCUT2D eigenvalue weighted by Gasteiger charge is 2.51. The molecule has 0 spiro atoms. The van der Waals surface area contributed by atoms with Gasteiger partial charge in [-0.1, -0.05) is 24.6 Å². The Morgan fingerprint density at radius 3 is 2.65 bits per heavy atom. The number of aromatic amines is 1. The normalized spacial score (nSPS) is 17.2. The van der Waals surface area contributed by atoms with Gasteiger partial charge < -0.3 is 15.5 Å². The maximum absolute atomic E-state index is 15.3. The van der Waals surface area contributed by atoms with Crippen molar-refractivity contribution in [1.82, 2.24) is 30.4 Å². The van der Waals surface area contributed by atoms with Crippen molar-refractivity contribution in [2.75, 3.05) is 25.0 Å². The van der Waals surface area contributed by atoms with Crippen molar-refractivity contribution in [3.63, 3.8) is 0 Å². The molecule has 196 valence electrons. The quantitative estimate of drug-likeness (QED) is 0.391. The Morgan fingerprint density at radius 1 is 1.24 bits per heavy atom. The van der Waals surface area contributed by atoms with Gasteiger partial charge in [-0.3, -0.25) is 9.89 Å². The van der Waals surface area contributed by atoms with Gasteiger partial charge in [0.2, 0.25) is 5.91 Å². The van der Waals surface area contributed by atoms with E-state index >= 15 is 4.39 Å². The van der Waals surface area contributed by atoms with E-state index in [1.54, 1.807) is 6.07 Å². The molecule has 2 aliphatic rings. The smallest absolute Gasteiger partial charge is 0.242 e. The fourth-order valence-electron chi connectivity index (χ4n) is 5.31. The van der Waals surface area contributed by atoms with E-state index in [1.807, 2.05) is 37.8 Å². The molecule has 2 fully saturated rings. The Bertz CT molecular complexity index is 1300. The largest absolute Gasteiger partial charge is 0.341 e. The van der Waals surface area contributed by atoms with Crippen LogP contribution >= 0.6 is 11.6 Å². The molecule has 0 atom stereocenters. The van der Waals surface area contributed by atoms with Gasteiger partial charge in [0.1, 0.15) is 16.7 Å². The number of nitrogens with zero attached hydrogens (tertiary/aromatic N) is 4. The van der Waals surface area contributed by atoms with E-state index < -0.39 is 0 Å². The third-order valence-corrected chi connectivity index (χ3v) is 7.70. The number of piperidine rings is 1. The zero-order chi connectivity index (χ0) is 26.2. The molecule has 3 N–H and O–H groups in total. The molecule has 8 nitrogen and oxygen atoms in total. The lowest BCUT2D eigenvalue weighted by Crippen LogP contribution is -2.50. The number of anilines is 2. The lowest BCUT2D eigenvalue weighted by atomic mass is 9.85. The highest BCUT2D eigenvalue weighted by Crippen LogP contribution is 2.39. The number of nitrogens with one attached hydrogen (secondary N) is 3. The van der Waals surface area contributed by atoms with E-state index in [-0.39, 0.29) is 29.6 Å². The van der Waals surface area contributed by atoms with Crippen LogP contribution in [0.25, 0.3) is 0 Å². The molecule has 1 saturated carbocycles. The fourth-order valence-corrected chi connectivity index (χ4v) is 5.45.